The number of imide groups is 1. The Balaban J connectivity index is 2.38. The number of nitrogens with two attached hydrogens (primary N) is 1. The van der Waals surface area contributed by atoms with Crippen LogP contribution in [0.25, 0.3) is 0 Å². The van der Waals surface area contributed by atoms with Crippen LogP contribution in [0.3, 0.4) is 0 Å². The van der Waals surface area contributed by atoms with Gasteiger partial charge in [-0.1, -0.05) is 0 Å². The lowest BCUT2D eigenvalue weighted by atomic mass is 10.0. The number of hydrogen-bond donors (Lipinski definition) is 1. The molecule has 24 heavy (non-hydrogen) atoms. The first-order chi connectivity index (χ1) is 11.1. The molecule has 1 rings (SSSR count). The van der Waals surface area contributed by atoms with E-state index in [1.54, 1.807) is 13.8 Å². The lowest BCUT2D eigenvalue weighted by Gasteiger charge is -2.29. The molecule has 0 radical (unpaired) electrons. The summed E-state index contributed by atoms with van der Waals surface area (Å²) >= 11 is 0. The molecule has 0 aromatic heterocycles. The Morgan fingerprint density at radius 1 is 1.04 bits per heavy atom. The van der Waals surface area contributed by atoms with Gasteiger partial charge >= 0.3 is 5.97 Å². The van der Waals surface area contributed by atoms with Gasteiger partial charge in [0, 0.05) is 19.4 Å². The van der Waals surface area contributed by atoms with Crippen molar-refractivity contribution in [3.63, 3.8) is 0 Å². The number of ether oxygens (including phenoxy) is 2. The summed E-state index contributed by atoms with van der Waals surface area (Å²) in [6, 6.07) is 0. The minimum Gasteiger partial charge on any atom is -0.375 e. The van der Waals surface area contributed by atoms with Gasteiger partial charge in [0.15, 0.2) is 0 Å². The van der Waals surface area contributed by atoms with Crippen LogP contribution in [0.15, 0.2) is 0 Å². The maximum absolute atomic E-state index is 11.9. The molecule has 138 valence electrons. The zero-order valence-electron chi connectivity index (χ0n) is 14.9. The minimum absolute atomic E-state index is 0.0733. The quantitative estimate of drug-likeness (QED) is 0.587. The van der Waals surface area contributed by atoms with Gasteiger partial charge in [0.05, 0.1) is 30.8 Å². The molecular weight excluding hydrogens is 316 g/mol. The smallest absolute Gasteiger partial charge is 0.336 e. The van der Waals surface area contributed by atoms with Crippen molar-refractivity contribution in [3.05, 3.63) is 0 Å². The van der Waals surface area contributed by atoms with E-state index in [-0.39, 0.29) is 24.9 Å². The highest BCUT2D eigenvalue weighted by atomic mass is 16.7. The van der Waals surface area contributed by atoms with E-state index in [0.29, 0.717) is 31.2 Å². The first kappa shape index (κ1) is 20.5. The molecule has 1 fully saturated rings. The van der Waals surface area contributed by atoms with Crippen LogP contribution in [-0.4, -0.2) is 53.8 Å². The average Bonchev–Trinajstić information content (AvgIpc) is 2.76. The first-order valence-corrected chi connectivity index (χ1v) is 8.11. The Morgan fingerprint density at radius 2 is 1.58 bits per heavy atom. The molecule has 1 heterocycles. The van der Waals surface area contributed by atoms with Gasteiger partial charge in [0.25, 0.3) is 11.8 Å². The number of carbonyl (C=O) groups is 3. The van der Waals surface area contributed by atoms with Crippen molar-refractivity contribution in [1.29, 1.82) is 0 Å². The summed E-state index contributed by atoms with van der Waals surface area (Å²) in [4.78, 5) is 39.6. The van der Waals surface area contributed by atoms with Crippen molar-refractivity contribution in [1.82, 2.24) is 5.06 Å². The van der Waals surface area contributed by atoms with E-state index in [4.69, 9.17) is 20.0 Å². The van der Waals surface area contributed by atoms with E-state index in [2.05, 4.69) is 0 Å². The molecule has 2 amide bonds. The molecule has 0 atom stereocenters. The molecule has 0 unspecified atom stereocenters. The molecule has 0 aromatic carbocycles. The highest BCUT2D eigenvalue weighted by molar-refractivity contribution is 6.01. The number of rotatable bonds is 10. The zero-order valence-corrected chi connectivity index (χ0v) is 14.9. The van der Waals surface area contributed by atoms with Gasteiger partial charge < -0.3 is 20.0 Å². The second-order valence-corrected chi connectivity index (χ2v) is 6.98. The Hall–Kier alpha value is -1.51. The maximum Gasteiger partial charge on any atom is 0.336 e. The minimum atomic E-state index is -0.785. The highest BCUT2D eigenvalue weighted by Crippen LogP contribution is 2.21. The molecule has 0 saturated carbocycles. The second-order valence-electron chi connectivity index (χ2n) is 6.98. The summed E-state index contributed by atoms with van der Waals surface area (Å²) < 4.78 is 11.3. The lowest BCUT2D eigenvalue weighted by molar-refractivity contribution is -0.201. The largest absolute Gasteiger partial charge is 0.375 e. The molecule has 0 aliphatic carbocycles. The van der Waals surface area contributed by atoms with Gasteiger partial charge in [-0.05, 0) is 34.1 Å². The van der Waals surface area contributed by atoms with Crippen molar-refractivity contribution < 1.29 is 28.7 Å². The van der Waals surface area contributed by atoms with Crippen molar-refractivity contribution in [2.24, 2.45) is 5.73 Å². The van der Waals surface area contributed by atoms with Crippen LogP contribution in [-0.2, 0) is 28.7 Å². The monoisotopic (exact) mass is 344 g/mol. The average molecular weight is 344 g/mol. The summed E-state index contributed by atoms with van der Waals surface area (Å²) in [7, 11) is 0. The summed E-state index contributed by atoms with van der Waals surface area (Å²) in [5.41, 5.74) is 4.26. The lowest BCUT2D eigenvalue weighted by Crippen LogP contribution is -2.37. The maximum atomic E-state index is 11.9. The van der Waals surface area contributed by atoms with Gasteiger partial charge in [0.1, 0.15) is 0 Å². The SMILES string of the molecule is CC(C)(CCOC(C)(C)CC(=O)ON1C(=O)CCC1=O)OCCN. The summed E-state index contributed by atoms with van der Waals surface area (Å²) in [6.07, 6.45) is 0.705. The Kier molecular flexibility index (Phi) is 7.31. The topological polar surface area (TPSA) is 108 Å². The number of hydroxylamine groups is 2. The summed E-state index contributed by atoms with van der Waals surface area (Å²) in [6.45, 7) is 8.69. The van der Waals surface area contributed by atoms with Crippen LogP contribution in [0.1, 0.15) is 53.4 Å². The standard InChI is InChI=1S/C16H28N2O6/c1-15(2,23-10-8-17)7-9-22-16(3,4)11-14(21)24-18-12(19)5-6-13(18)20/h5-11,17H2,1-4H3. The predicted molar refractivity (Wildman–Crippen MR) is 85.5 cm³/mol. The van der Waals surface area contributed by atoms with Crippen LogP contribution < -0.4 is 5.73 Å². The molecule has 0 aromatic rings. The van der Waals surface area contributed by atoms with Crippen molar-refractivity contribution in [2.45, 2.75) is 64.6 Å². The van der Waals surface area contributed by atoms with Crippen molar-refractivity contribution >= 4 is 17.8 Å². The van der Waals surface area contributed by atoms with Crippen LogP contribution in [0, 0.1) is 0 Å². The molecule has 1 saturated heterocycles. The van der Waals surface area contributed by atoms with E-state index in [9.17, 15) is 14.4 Å². The van der Waals surface area contributed by atoms with Gasteiger partial charge in [0.2, 0.25) is 0 Å². The van der Waals surface area contributed by atoms with Crippen LogP contribution >= 0.6 is 0 Å². The third-order valence-corrected chi connectivity index (χ3v) is 3.58. The number of carbonyl (C=O) groups excluding carboxylic acids is 3. The molecule has 1 aliphatic rings. The van der Waals surface area contributed by atoms with Gasteiger partial charge in [-0.3, -0.25) is 9.59 Å². The van der Waals surface area contributed by atoms with Crippen molar-refractivity contribution in [2.75, 3.05) is 19.8 Å². The van der Waals surface area contributed by atoms with E-state index < -0.39 is 23.4 Å². The molecule has 1 aliphatic heterocycles. The highest BCUT2D eigenvalue weighted by Gasteiger charge is 2.34. The number of nitrogens with zero attached hydrogens (tertiary/aromatic N) is 1. The van der Waals surface area contributed by atoms with Crippen LogP contribution in [0.2, 0.25) is 0 Å². The Morgan fingerprint density at radius 3 is 2.12 bits per heavy atom. The fourth-order valence-corrected chi connectivity index (χ4v) is 2.17. The number of hydrogen-bond acceptors (Lipinski definition) is 7. The van der Waals surface area contributed by atoms with Crippen LogP contribution in [0.5, 0.6) is 0 Å². The summed E-state index contributed by atoms with van der Waals surface area (Å²) in [5.74, 6) is -1.67. The normalized spacial score (nSPS) is 16.0. The van der Waals surface area contributed by atoms with E-state index in [1.807, 2.05) is 13.8 Å². The third kappa shape index (κ3) is 6.94. The number of amides is 2. The third-order valence-electron chi connectivity index (χ3n) is 3.58. The molecule has 0 spiro atoms. The Labute approximate surface area is 142 Å². The molecular formula is C16H28N2O6. The van der Waals surface area contributed by atoms with Crippen LogP contribution in [0.4, 0.5) is 0 Å². The molecule has 8 nitrogen and oxygen atoms in total. The van der Waals surface area contributed by atoms with Crippen molar-refractivity contribution in [3.8, 4) is 0 Å². The second kappa shape index (κ2) is 8.55. The van der Waals surface area contributed by atoms with Gasteiger partial charge in [-0.25, -0.2) is 4.79 Å². The van der Waals surface area contributed by atoms with Gasteiger partial charge in [-0.2, -0.15) is 0 Å². The predicted octanol–water partition coefficient (Wildman–Crippen LogP) is 0.923. The summed E-state index contributed by atoms with van der Waals surface area (Å²) in [5, 5.41) is 0.544. The molecule has 2 N–H and O–H groups in total. The Bertz CT molecular complexity index is 459. The molecule has 8 heteroatoms. The van der Waals surface area contributed by atoms with E-state index in [1.165, 1.54) is 0 Å². The fourth-order valence-electron chi connectivity index (χ4n) is 2.17. The zero-order chi connectivity index (χ0) is 18.4. The first-order valence-electron chi connectivity index (χ1n) is 8.11. The molecule has 0 bridgehead atoms. The fraction of sp³-hybridized carbons (Fsp3) is 0.812. The van der Waals surface area contributed by atoms with E-state index >= 15 is 0 Å². The van der Waals surface area contributed by atoms with E-state index in [0.717, 1.165) is 0 Å². The van der Waals surface area contributed by atoms with Gasteiger partial charge in [-0.15, -0.1) is 5.06 Å².